The number of allylic oxidation sites excluding steroid dienone is 2. The zero-order valence-corrected chi connectivity index (χ0v) is 22.9. The van der Waals surface area contributed by atoms with E-state index in [1.165, 1.54) is 17.9 Å². The molecule has 2 aliphatic rings. The first-order valence-corrected chi connectivity index (χ1v) is 13.3. The molecule has 1 aliphatic heterocycles. The summed E-state index contributed by atoms with van der Waals surface area (Å²) in [6.45, 7) is 0.926. The molecule has 3 N–H and O–H groups in total. The number of hydrogen-bond acceptors (Lipinski definition) is 7. The van der Waals surface area contributed by atoms with Gasteiger partial charge in [0.25, 0.3) is 16.8 Å². The van der Waals surface area contributed by atoms with Crippen LogP contribution in [0.15, 0.2) is 35.6 Å². The Labute approximate surface area is 240 Å². The molecule has 18 heteroatoms. The molecule has 1 unspecified atom stereocenters. The van der Waals surface area contributed by atoms with E-state index in [0.29, 0.717) is 18.1 Å². The molecule has 1 aromatic heterocycles. The Kier molecular flexibility index (Phi) is 9.32. The number of alkyl halides is 6. The average molecular weight is 630 g/mol. The van der Waals surface area contributed by atoms with Crippen LogP contribution in [0.2, 0.25) is 0 Å². The van der Waals surface area contributed by atoms with Crippen molar-refractivity contribution in [3.8, 4) is 0 Å². The molecule has 0 spiro atoms. The van der Waals surface area contributed by atoms with Crippen LogP contribution < -0.4 is 15.5 Å². The lowest BCUT2D eigenvalue weighted by atomic mass is 9.90. The average Bonchev–Trinajstić information content (AvgIpc) is 3.29. The SMILES string of the molecule is Cc1cc2c(cc1C(F)(F)F)N(CCO)CCC[C@@H]2N(CC1C=C([N+](F)(F)F)C=C(C(F)(F)F)C1)c1nnn(CCN)n1. The summed E-state index contributed by atoms with van der Waals surface area (Å²) in [6.07, 6.45) is -9.13. The second-order valence-electron chi connectivity index (χ2n) is 10.4. The molecule has 2 heterocycles. The third-order valence-electron chi connectivity index (χ3n) is 7.36. The van der Waals surface area contributed by atoms with Crippen molar-refractivity contribution in [2.75, 3.05) is 42.6 Å². The predicted molar refractivity (Wildman–Crippen MR) is 136 cm³/mol. The van der Waals surface area contributed by atoms with Gasteiger partial charge in [-0.25, -0.2) is 0 Å². The van der Waals surface area contributed by atoms with Crippen molar-refractivity contribution in [2.45, 2.75) is 51.1 Å². The van der Waals surface area contributed by atoms with Gasteiger partial charge in [0.15, 0.2) is 0 Å². The van der Waals surface area contributed by atoms with Crippen LogP contribution in [0.25, 0.3) is 0 Å². The number of aliphatic hydroxyl groups is 1. The first-order valence-electron chi connectivity index (χ1n) is 13.3. The van der Waals surface area contributed by atoms with Gasteiger partial charge in [-0.1, -0.05) is 11.2 Å². The maximum Gasteiger partial charge on any atom is 0.416 e. The number of aromatic nitrogens is 4. The van der Waals surface area contributed by atoms with Crippen molar-refractivity contribution in [2.24, 2.45) is 11.7 Å². The van der Waals surface area contributed by atoms with Gasteiger partial charge in [0.1, 0.15) is 0 Å². The summed E-state index contributed by atoms with van der Waals surface area (Å²) in [5, 5.41) is 17.4. The number of hydrogen-bond donors (Lipinski definition) is 2. The van der Waals surface area contributed by atoms with Gasteiger partial charge < -0.3 is 20.6 Å². The molecule has 238 valence electrons. The Morgan fingerprint density at radius 1 is 1.09 bits per heavy atom. The van der Waals surface area contributed by atoms with Crippen molar-refractivity contribution in [3.05, 3.63) is 52.2 Å². The summed E-state index contributed by atoms with van der Waals surface area (Å²) < 4.78 is 123. The highest BCUT2D eigenvalue weighted by Crippen LogP contribution is 2.45. The summed E-state index contributed by atoms with van der Waals surface area (Å²) in [4.78, 5) is 4.09. The number of benzene rings is 1. The Morgan fingerprint density at radius 3 is 2.42 bits per heavy atom. The number of rotatable bonds is 9. The second kappa shape index (κ2) is 12.3. The third kappa shape index (κ3) is 7.41. The number of nitrogens with two attached hydrogens (primary N) is 1. The summed E-state index contributed by atoms with van der Waals surface area (Å²) in [5.41, 5.74) is 2.12. The molecule has 0 bridgehead atoms. The first kappa shape index (κ1) is 32.5. The maximum absolute atomic E-state index is 13.9. The molecular formula is C25H30F9N8O+. The van der Waals surface area contributed by atoms with Crippen LogP contribution in [0.1, 0.15) is 42.0 Å². The number of β-amino-alcohol motifs (C(OH)–C–C–N with tert-alkyl or cyclic N) is 1. The van der Waals surface area contributed by atoms with Gasteiger partial charge in [0.2, 0.25) is 0 Å². The smallest absolute Gasteiger partial charge is 0.395 e. The van der Waals surface area contributed by atoms with E-state index in [4.69, 9.17) is 5.73 Å². The van der Waals surface area contributed by atoms with Crippen LogP contribution in [-0.4, -0.2) is 69.4 Å². The quantitative estimate of drug-likeness (QED) is 0.299. The second-order valence-corrected chi connectivity index (χ2v) is 10.4. The number of tetrazole rings is 1. The number of nitrogens with zero attached hydrogens (tertiary/aromatic N) is 7. The Bertz CT molecular complexity index is 1350. The van der Waals surface area contributed by atoms with Crippen molar-refractivity contribution >= 4 is 11.6 Å². The van der Waals surface area contributed by atoms with E-state index < -0.39 is 59.3 Å². The summed E-state index contributed by atoms with van der Waals surface area (Å²) in [5.74, 6) is -1.45. The van der Waals surface area contributed by atoms with Crippen molar-refractivity contribution in [3.63, 3.8) is 0 Å². The lowest BCUT2D eigenvalue weighted by molar-refractivity contribution is -1.24. The largest absolute Gasteiger partial charge is 0.416 e. The highest BCUT2D eigenvalue weighted by Gasteiger charge is 2.46. The van der Waals surface area contributed by atoms with Crippen LogP contribution in [0, 0.1) is 12.8 Å². The summed E-state index contributed by atoms with van der Waals surface area (Å²) in [6, 6.07) is 1.42. The Hall–Kier alpha value is -3.38. The maximum atomic E-state index is 13.9. The Balaban J connectivity index is 1.85. The Morgan fingerprint density at radius 2 is 1.81 bits per heavy atom. The normalized spacial score (nSPS) is 20.0. The molecule has 0 radical (unpaired) electrons. The lowest BCUT2D eigenvalue weighted by Gasteiger charge is -2.35. The summed E-state index contributed by atoms with van der Waals surface area (Å²) >= 11 is 0. The van der Waals surface area contributed by atoms with Crippen molar-refractivity contribution < 1.29 is 50.0 Å². The molecule has 1 aliphatic carbocycles. The fourth-order valence-corrected chi connectivity index (χ4v) is 5.49. The minimum Gasteiger partial charge on any atom is -0.395 e. The number of anilines is 2. The van der Waals surface area contributed by atoms with Crippen LogP contribution in [-0.2, 0) is 12.7 Å². The van der Waals surface area contributed by atoms with E-state index in [0.717, 1.165) is 10.9 Å². The molecule has 0 saturated carbocycles. The highest BCUT2D eigenvalue weighted by molar-refractivity contribution is 5.62. The molecule has 0 fully saturated rings. The van der Waals surface area contributed by atoms with Crippen molar-refractivity contribution in [1.82, 2.24) is 20.2 Å². The van der Waals surface area contributed by atoms with E-state index in [1.54, 1.807) is 4.90 Å². The fraction of sp³-hybridized carbons (Fsp3) is 0.560. The van der Waals surface area contributed by atoms with Gasteiger partial charge >= 0.3 is 12.4 Å². The van der Waals surface area contributed by atoms with Crippen LogP contribution in [0.5, 0.6) is 0 Å². The number of aryl methyl sites for hydroxylation is 1. The van der Waals surface area contributed by atoms with Crippen LogP contribution >= 0.6 is 0 Å². The lowest BCUT2D eigenvalue weighted by Crippen LogP contribution is -2.36. The zero-order valence-electron chi connectivity index (χ0n) is 22.9. The predicted octanol–water partition coefficient (Wildman–Crippen LogP) is 4.96. The number of aliphatic hydroxyl groups excluding tert-OH is 1. The van der Waals surface area contributed by atoms with Gasteiger partial charge in [-0.05, 0) is 54.7 Å². The van der Waals surface area contributed by atoms with E-state index >= 15 is 0 Å². The minimum atomic E-state index is -5.02. The van der Waals surface area contributed by atoms with E-state index in [2.05, 4.69) is 15.4 Å². The molecular weight excluding hydrogens is 599 g/mol. The zero-order chi connectivity index (χ0) is 31.7. The van der Waals surface area contributed by atoms with Gasteiger partial charge in [0.05, 0.1) is 38.2 Å². The van der Waals surface area contributed by atoms with Crippen molar-refractivity contribution in [1.29, 1.82) is 0 Å². The monoisotopic (exact) mass is 629 g/mol. The van der Waals surface area contributed by atoms with E-state index in [-0.39, 0.29) is 62.5 Å². The molecule has 2 aromatic rings. The van der Waals surface area contributed by atoms with Gasteiger partial charge in [0, 0.05) is 49.4 Å². The number of fused-ring (bicyclic) bond motifs is 1. The standard InChI is InChI=1S/C25H30F9N8O/c1-15-9-19-21(3-2-5-39(7-8-43)22(19)13-20(15)25(29,30)31)40(23-36-38-41(37-23)6-4-35)14-16-10-17(24(26,27)28)12-18(11-16)42(32,33)34/h9,11-13,16,21,43H,2-8,10,14,35H2,1H3/q+1/t16?,21-/m0/s1. The first-order chi connectivity index (χ1) is 20.0. The van der Waals surface area contributed by atoms with Gasteiger partial charge in [-0.15, -0.1) is 5.10 Å². The topological polar surface area (TPSA) is 96.3 Å². The van der Waals surface area contributed by atoms with E-state index in [9.17, 15) is 44.9 Å². The van der Waals surface area contributed by atoms with Gasteiger partial charge in [-0.3, -0.25) is 0 Å². The highest BCUT2D eigenvalue weighted by atomic mass is 19.6. The van der Waals surface area contributed by atoms with Crippen LogP contribution in [0.3, 0.4) is 0 Å². The molecule has 0 amide bonds. The minimum absolute atomic E-state index is 0.00295. The molecule has 1 aromatic carbocycles. The molecule has 9 nitrogen and oxygen atoms in total. The fourth-order valence-electron chi connectivity index (χ4n) is 5.49. The molecule has 0 saturated heterocycles. The van der Waals surface area contributed by atoms with Gasteiger partial charge in [-0.2, -0.15) is 31.1 Å². The molecule has 4 rings (SSSR count). The van der Waals surface area contributed by atoms with E-state index in [1.807, 2.05) is 0 Å². The molecule has 43 heavy (non-hydrogen) atoms. The summed E-state index contributed by atoms with van der Waals surface area (Å²) in [7, 11) is 0. The molecule has 2 atom stereocenters. The third-order valence-corrected chi connectivity index (χ3v) is 7.36. The number of halogens is 9. The number of quaternary nitrogens is 1. The van der Waals surface area contributed by atoms with Crippen LogP contribution in [0.4, 0.5) is 51.4 Å².